The van der Waals surface area contributed by atoms with Crippen molar-refractivity contribution in [1.29, 1.82) is 5.26 Å². The van der Waals surface area contributed by atoms with Crippen LogP contribution < -0.4 is 4.90 Å². The van der Waals surface area contributed by atoms with E-state index in [2.05, 4.69) is 23.8 Å². The molecule has 1 rings (SSSR count). The molecule has 1 atom stereocenters. The first-order valence-electron chi connectivity index (χ1n) is 5.11. The fourth-order valence-electron chi connectivity index (χ4n) is 1.27. The van der Waals surface area contributed by atoms with Crippen LogP contribution in [0.25, 0.3) is 0 Å². The van der Waals surface area contributed by atoms with E-state index in [0.717, 1.165) is 13.0 Å². The first-order valence-corrected chi connectivity index (χ1v) is 5.11. The number of aromatic nitrogens is 2. The molecule has 0 aliphatic heterocycles. The highest BCUT2D eigenvalue weighted by Gasteiger charge is 2.08. The number of nitriles is 1. The highest BCUT2D eigenvalue weighted by Crippen LogP contribution is 2.09. The summed E-state index contributed by atoms with van der Waals surface area (Å²) in [7, 11) is 1.95. The molecule has 0 fully saturated rings. The largest absolute Gasteiger partial charge is 0.344 e. The molecular weight excluding hydrogens is 188 g/mol. The minimum absolute atomic E-state index is 0.413. The van der Waals surface area contributed by atoms with E-state index in [1.165, 1.54) is 0 Å². The second kappa shape index (κ2) is 5.30. The van der Waals surface area contributed by atoms with E-state index in [4.69, 9.17) is 5.26 Å². The van der Waals surface area contributed by atoms with Gasteiger partial charge in [0.05, 0.1) is 0 Å². The average molecular weight is 204 g/mol. The smallest absolute Gasteiger partial charge is 0.226 e. The maximum absolute atomic E-state index is 8.71. The lowest BCUT2D eigenvalue weighted by molar-refractivity contribution is 0.555. The van der Waals surface area contributed by atoms with Crippen molar-refractivity contribution in [3.05, 3.63) is 18.0 Å². The van der Waals surface area contributed by atoms with Crippen LogP contribution >= 0.6 is 0 Å². The van der Waals surface area contributed by atoms with Crippen molar-refractivity contribution in [2.45, 2.75) is 20.3 Å². The van der Waals surface area contributed by atoms with Crippen LogP contribution in [-0.2, 0) is 0 Å². The van der Waals surface area contributed by atoms with Gasteiger partial charge in [-0.25, -0.2) is 9.97 Å². The van der Waals surface area contributed by atoms with Gasteiger partial charge in [-0.2, -0.15) is 5.26 Å². The molecule has 0 radical (unpaired) electrons. The monoisotopic (exact) mass is 204 g/mol. The van der Waals surface area contributed by atoms with E-state index < -0.39 is 0 Å². The Labute approximate surface area is 90.6 Å². The van der Waals surface area contributed by atoms with Gasteiger partial charge in [-0.3, -0.25) is 0 Å². The van der Waals surface area contributed by atoms with Crippen molar-refractivity contribution in [2.24, 2.45) is 5.92 Å². The van der Waals surface area contributed by atoms with Gasteiger partial charge in [0, 0.05) is 19.8 Å². The predicted molar refractivity (Wildman–Crippen MR) is 59.5 cm³/mol. The van der Waals surface area contributed by atoms with E-state index in [9.17, 15) is 0 Å². The molecule has 0 amide bonds. The maximum Gasteiger partial charge on any atom is 0.226 e. The quantitative estimate of drug-likeness (QED) is 0.750. The third kappa shape index (κ3) is 3.21. The standard InChI is InChI=1S/C11H16N4/c1-4-9(2)8-15(3)11-13-6-5-10(7-12)14-11/h5-6,9H,4,8H2,1-3H3. The summed E-state index contributed by atoms with van der Waals surface area (Å²) >= 11 is 0. The number of rotatable bonds is 4. The SMILES string of the molecule is CCC(C)CN(C)c1nccc(C#N)n1. The summed E-state index contributed by atoms with van der Waals surface area (Å²) < 4.78 is 0. The van der Waals surface area contributed by atoms with Gasteiger partial charge in [-0.1, -0.05) is 20.3 Å². The zero-order valence-corrected chi connectivity index (χ0v) is 9.44. The Balaban J connectivity index is 2.73. The first-order chi connectivity index (χ1) is 7.17. The summed E-state index contributed by atoms with van der Waals surface area (Å²) in [5.74, 6) is 1.22. The van der Waals surface area contributed by atoms with Crippen LogP contribution in [0.1, 0.15) is 26.0 Å². The number of anilines is 1. The molecule has 0 N–H and O–H groups in total. The molecule has 1 aromatic rings. The fraction of sp³-hybridized carbons (Fsp3) is 0.545. The van der Waals surface area contributed by atoms with Gasteiger partial charge < -0.3 is 4.90 Å². The Morgan fingerprint density at radius 2 is 2.33 bits per heavy atom. The van der Waals surface area contributed by atoms with Crippen molar-refractivity contribution in [3.8, 4) is 6.07 Å². The molecule has 0 aromatic carbocycles. The molecule has 15 heavy (non-hydrogen) atoms. The number of hydrogen-bond acceptors (Lipinski definition) is 4. The van der Waals surface area contributed by atoms with Crippen LogP contribution in [0.2, 0.25) is 0 Å². The third-order valence-corrected chi connectivity index (χ3v) is 2.38. The summed E-state index contributed by atoms with van der Waals surface area (Å²) in [6, 6.07) is 3.62. The molecule has 4 heteroatoms. The minimum atomic E-state index is 0.413. The molecular formula is C11H16N4. The van der Waals surface area contributed by atoms with E-state index in [1.54, 1.807) is 12.3 Å². The van der Waals surface area contributed by atoms with Gasteiger partial charge in [-0.05, 0) is 12.0 Å². The maximum atomic E-state index is 8.71. The van der Waals surface area contributed by atoms with Gasteiger partial charge in [0.25, 0.3) is 0 Å². The molecule has 0 bridgehead atoms. The lowest BCUT2D eigenvalue weighted by atomic mass is 10.1. The average Bonchev–Trinajstić information content (AvgIpc) is 2.28. The third-order valence-electron chi connectivity index (χ3n) is 2.38. The Morgan fingerprint density at radius 3 is 2.93 bits per heavy atom. The van der Waals surface area contributed by atoms with Crippen LogP contribution in [0.3, 0.4) is 0 Å². The van der Waals surface area contributed by atoms with Gasteiger partial charge >= 0.3 is 0 Å². The summed E-state index contributed by atoms with van der Waals surface area (Å²) in [5, 5.41) is 8.71. The molecule has 1 unspecified atom stereocenters. The van der Waals surface area contributed by atoms with Gasteiger partial charge in [-0.15, -0.1) is 0 Å². The summed E-state index contributed by atoms with van der Waals surface area (Å²) in [6.45, 7) is 5.25. The number of hydrogen-bond donors (Lipinski definition) is 0. The van der Waals surface area contributed by atoms with Crippen molar-refractivity contribution in [1.82, 2.24) is 9.97 Å². The van der Waals surface area contributed by atoms with Gasteiger partial charge in [0.2, 0.25) is 5.95 Å². The molecule has 0 aliphatic rings. The van der Waals surface area contributed by atoms with E-state index in [1.807, 2.05) is 18.0 Å². The predicted octanol–water partition coefficient (Wildman–Crippen LogP) is 1.83. The van der Waals surface area contributed by atoms with Gasteiger partial charge in [0.1, 0.15) is 11.8 Å². The lowest BCUT2D eigenvalue weighted by Gasteiger charge is -2.20. The van der Waals surface area contributed by atoms with E-state index in [0.29, 0.717) is 17.6 Å². The molecule has 1 heterocycles. The van der Waals surface area contributed by atoms with Crippen molar-refractivity contribution in [2.75, 3.05) is 18.5 Å². The molecule has 0 saturated carbocycles. The Hall–Kier alpha value is -1.63. The van der Waals surface area contributed by atoms with Crippen LogP contribution in [0.4, 0.5) is 5.95 Å². The second-order valence-corrected chi connectivity index (χ2v) is 3.75. The topological polar surface area (TPSA) is 52.8 Å². The minimum Gasteiger partial charge on any atom is -0.344 e. The normalized spacial score (nSPS) is 11.9. The van der Waals surface area contributed by atoms with Crippen LogP contribution in [0.15, 0.2) is 12.3 Å². The molecule has 1 aromatic heterocycles. The van der Waals surface area contributed by atoms with E-state index >= 15 is 0 Å². The van der Waals surface area contributed by atoms with E-state index in [-0.39, 0.29) is 0 Å². The zero-order valence-electron chi connectivity index (χ0n) is 9.44. The molecule has 0 aliphatic carbocycles. The van der Waals surface area contributed by atoms with Crippen molar-refractivity contribution < 1.29 is 0 Å². The number of nitrogens with zero attached hydrogens (tertiary/aromatic N) is 4. The Kier molecular flexibility index (Phi) is 4.04. The summed E-state index contributed by atoms with van der Waals surface area (Å²) in [4.78, 5) is 10.3. The molecule has 4 nitrogen and oxygen atoms in total. The molecule has 0 spiro atoms. The first kappa shape index (κ1) is 11.4. The highest BCUT2D eigenvalue weighted by atomic mass is 15.2. The van der Waals surface area contributed by atoms with Crippen LogP contribution in [0, 0.1) is 17.2 Å². The molecule has 0 saturated heterocycles. The van der Waals surface area contributed by atoms with Crippen molar-refractivity contribution >= 4 is 5.95 Å². The summed E-state index contributed by atoms with van der Waals surface area (Å²) in [6.07, 6.45) is 2.75. The summed E-state index contributed by atoms with van der Waals surface area (Å²) in [5.41, 5.74) is 0.413. The fourth-order valence-corrected chi connectivity index (χ4v) is 1.27. The van der Waals surface area contributed by atoms with Crippen molar-refractivity contribution in [3.63, 3.8) is 0 Å². The van der Waals surface area contributed by atoms with Crippen LogP contribution in [0.5, 0.6) is 0 Å². The highest BCUT2D eigenvalue weighted by molar-refractivity contribution is 5.32. The van der Waals surface area contributed by atoms with Crippen LogP contribution in [-0.4, -0.2) is 23.6 Å². The molecule has 80 valence electrons. The lowest BCUT2D eigenvalue weighted by Crippen LogP contribution is -2.25. The van der Waals surface area contributed by atoms with Gasteiger partial charge in [0.15, 0.2) is 0 Å². The second-order valence-electron chi connectivity index (χ2n) is 3.75. The Morgan fingerprint density at radius 1 is 1.60 bits per heavy atom. The zero-order chi connectivity index (χ0) is 11.3. The Bertz CT molecular complexity index is 356.